The largest absolute Gasteiger partial charge is 0.456 e. The van der Waals surface area contributed by atoms with E-state index in [9.17, 15) is 0 Å². The van der Waals surface area contributed by atoms with Gasteiger partial charge in [0.25, 0.3) is 0 Å². The zero-order chi connectivity index (χ0) is 42.8. The van der Waals surface area contributed by atoms with Gasteiger partial charge in [0.2, 0.25) is 0 Å². The van der Waals surface area contributed by atoms with Crippen LogP contribution in [0.5, 0.6) is 0 Å². The summed E-state index contributed by atoms with van der Waals surface area (Å²) in [6.07, 6.45) is 0. The number of rotatable bonds is 7. The molecule has 7 nitrogen and oxygen atoms in total. The second kappa shape index (κ2) is 14.9. The Kier molecular flexibility index (Phi) is 8.39. The predicted octanol–water partition coefficient (Wildman–Crippen LogP) is 15.0. The highest BCUT2D eigenvalue weighted by atomic mass is 16.3. The van der Waals surface area contributed by atoms with Gasteiger partial charge in [-0.3, -0.25) is 4.57 Å². The fraction of sp³-hybridized carbons (Fsp3) is 0. The Bertz CT molecular complexity index is 3890. The summed E-state index contributed by atoms with van der Waals surface area (Å²) < 4.78 is 15.2. The molecule has 0 saturated heterocycles. The van der Waals surface area contributed by atoms with Gasteiger partial charge in [-0.05, 0) is 71.3 Å². The van der Waals surface area contributed by atoms with Crippen molar-refractivity contribution in [3.8, 4) is 73.5 Å². The number of hydrogen-bond acceptors (Lipinski definition) is 6. The van der Waals surface area contributed by atoms with Crippen LogP contribution in [0.15, 0.2) is 221 Å². The Balaban J connectivity index is 0.910. The van der Waals surface area contributed by atoms with Crippen LogP contribution in [0.3, 0.4) is 0 Å². The Morgan fingerprint density at radius 1 is 0.338 bits per heavy atom. The van der Waals surface area contributed by atoms with Gasteiger partial charge in [-0.15, -0.1) is 0 Å². The van der Waals surface area contributed by atoms with Crippen LogP contribution < -0.4 is 0 Å². The first kappa shape index (κ1) is 36.7. The summed E-state index contributed by atoms with van der Waals surface area (Å²) in [5.41, 5.74) is 14.3. The first-order valence-electron chi connectivity index (χ1n) is 21.6. The Labute approximate surface area is 372 Å². The molecule has 9 aromatic carbocycles. The van der Waals surface area contributed by atoms with Crippen molar-refractivity contribution in [1.29, 1.82) is 0 Å². The van der Waals surface area contributed by atoms with Gasteiger partial charge < -0.3 is 8.83 Å². The average Bonchev–Trinajstić information content (AvgIpc) is 4.08. The number of aromatic nitrogens is 5. The van der Waals surface area contributed by atoms with Crippen LogP contribution in [0.2, 0.25) is 0 Å². The third-order valence-corrected chi connectivity index (χ3v) is 12.3. The molecular weight excluding hydrogens is 799 g/mol. The smallest absolute Gasteiger partial charge is 0.164 e. The summed E-state index contributed by atoms with van der Waals surface area (Å²) in [6.45, 7) is 0. The molecule has 0 aliphatic carbocycles. The van der Waals surface area contributed by atoms with E-state index in [0.29, 0.717) is 17.5 Å². The van der Waals surface area contributed by atoms with Crippen LogP contribution in [-0.4, -0.2) is 24.5 Å². The lowest BCUT2D eigenvalue weighted by molar-refractivity contribution is 0.669. The lowest BCUT2D eigenvalue weighted by Crippen LogP contribution is -2.00. The van der Waals surface area contributed by atoms with Crippen molar-refractivity contribution in [2.75, 3.05) is 0 Å². The number of hydrogen-bond donors (Lipinski definition) is 0. The van der Waals surface area contributed by atoms with Crippen LogP contribution in [0.4, 0.5) is 0 Å². The number of benzene rings is 9. The van der Waals surface area contributed by atoms with Crippen LogP contribution in [0.25, 0.3) is 128 Å². The molecule has 13 aromatic rings. The minimum Gasteiger partial charge on any atom is -0.456 e. The highest BCUT2D eigenvalue weighted by Crippen LogP contribution is 2.40. The molecule has 0 aliphatic heterocycles. The van der Waals surface area contributed by atoms with E-state index in [1.807, 2.05) is 91.0 Å². The van der Waals surface area contributed by atoms with Gasteiger partial charge >= 0.3 is 0 Å². The van der Waals surface area contributed by atoms with Crippen LogP contribution in [-0.2, 0) is 0 Å². The zero-order valence-electron chi connectivity index (χ0n) is 34.8. The first-order valence-corrected chi connectivity index (χ1v) is 21.6. The summed E-state index contributed by atoms with van der Waals surface area (Å²) in [5.74, 6) is 2.66. The van der Waals surface area contributed by atoms with Gasteiger partial charge in [-0.25, -0.2) is 19.9 Å². The van der Waals surface area contributed by atoms with E-state index < -0.39 is 0 Å². The van der Waals surface area contributed by atoms with Gasteiger partial charge in [-0.2, -0.15) is 0 Å². The second-order valence-corrected chi connectivity index (χ2v) is 16.2. The zero-order valence-corrected chi connectivity index (χ0v) is 34.8. The number of imidazole rings is 1. The van der Waals surface area contributed by atoms with Gasteiger partial charge in [0.05, 0.1) is 11.0 Å². The van der Waals surface area contributed by atoms with E-state index in [4.69, 9.17) is 28.8 Å². The Morgan fingerprint density at radius 2 is 0.923 bits per heavy atom. The van der Waals surface area contributed by atoms with Crippen molar-refractivity contribution in [3.63, 3.8) is 0 Å². The van der Waals surface area contributed by atoms with Gasteiger partial charge in [0.15, 0.2) is 17.5 Å². The number of furan rings is 2. The molecule has 4 heterocycles. The molecule has 0 N–H and O–H groups in total. The highest BCUT2D eigenvalue weighted by Gasteiger charge is 2.20. The minimum absolute atomic E-state index is 0.580. The molecule has 0 spiro atoms. The van der Waals surface area contributed by atoms with Crippen molar-refractivity contribution >= 4 is 54.9 Å². The van der Waals surface area contributed by atoms with E-state index in [0.717, 1.165) is 111 Å². The molecule has 0 fully saturated rings. The summed E-state index contributed by atoms with van der Waals surface area (Å²) in [6, 6.07) is 72.8. The fourth-order valence-electron chi connectivity index (χ4n) is 9.21. The molecule has 65 heavy (non-hydrogen) atoms. The first-order chi connectivity index (χ1) is 32.2. The molecule has 0 atom stereocenters. The number of nitrogens with zero attached hydrogens (tertiary/aromatic N) is 5. The highest BCUT2D eigenvalue weighted by molar-refractivity contribution is 6.13. The van der Waals surface area contributed by atoms with E-state index in [1.54, 1.807) is 0 Å². The van der Waals surface area contributed by atoms with Crippen molar-refractivity contribution in [1.82, 2.24) is 24.5 Å². The predicted molar refractivity (Wildman–Crippen MR) is 262 cm³/mol. The van der Waals surface area contributed by atoms with Crippen molar-refractivity contribution < 1.29 is 8.83 Å². The van der Waals surface area contributed by atoms with E-state index in [-0.39, 0.29) is 0 Å². The minimum atomic E-state index is 0.580. The van der Waals surface area contributed by atoms with Crippen molar-refractivity contribution in [2.45, 2.75) is 0 Å². The standard InChI is InChI=1S/C58H35N5O2/c1-3-14-37(15-4-1)55-60-56(38-16-5-2-6-17-38)62-57(61-55)46-23-13-27-52-53(46)47-35-40(30-33-51(47)64-52)39-18-11-19-41(34-39)58-59-48-24-8-9-25-49(48)63(58)42-31-28-36(29-32-42)43-21-12-22-45-44-20-7-10-26-50(44)65-54(43)45/h1-35H. The molecule has 0 bridgehead atoms. The van der Waals surface area contributed by atoms with E-state index >= 15 is 0 Å². The van der Waals surface area contributed by atoms with E-state index in [1.165, 1.54) is 0 Å². The quantitative estimate of drug-likeness (QED) is 0.159. The maximum Gasteiger partial charge on any atom is 0.164 e. The summed E-state index contributed by atoms with van der Waals surface area (Å²) in [7, 11) is 0. The molecule has 4 aromatic heterocycles. The maximum atomic E-state index is 6.51. The molecule has 0 radical (unpaired) electrons. The molecule has 0 saturated carbocycles. The van der Waals surface area contributed by atoms with Gasteiger partial charge in [0.1, 0.15) is 28.2 Å². The molecule has 0 unspecified atom stereocenters. The van der Waals surface area contributed by atoms with E-state index in [2.05, 4.69) is 126 Å². The fourth-order valence-corrected chi connectivity index (χ4v) is 9.21. The van der Waals surface area contributed by atoms with Gasteiger partial charge in [0, 0.05) is 55.0 Å². The number of fused-ring (bicyclic) bond motifs is 7. The SMILES string of the molecule is c1ccc(-c2nc(-c3ccccc3)nc(-c3cccc4oc5ccc(-c6cccc(-c7nc8ccccc8n7-c7ccc(-c8cccc9c8oc8ccccc89)cc7)c6)cc5c34)n2)cc1. The summed E-state index contributed by atoms with van der Waals surface area (Å²) in [5, 5.41) is 4.16. The molecule has 0 aliphatic rings. The molecular formula is C58H35N5O2. The Hall–Kier alpha value is -8.94. The topological polar surface area (TPSA) is 82.8 Å². The molecule has 304 valence electrons. The maximum absolute atomic E-state index is 6.51. The lowest BCUT2D eigenvalue weighted by atomic mass is 9.99. The lowest BCUT2D eigenvalue weighted by Gasteiger charge is -2.12. The monoisotopic (exact) mass is 833 g/mol. The molecule has 13 rings (SSSR count). The third-order valence-electron chi connectivity index (χ3n) is 12.3. The number of para-hydroxylation sites is 4. The van der Waals surface area contributed by atoms with Crippen molar-refractivity contribution in [2.24, 2.45) is 0 Å². The normalized spacial score (nSPS) is 11.7. The van der Waals surface area contributed by atoms with Crippen LogP contribution in [0, 0.1) is 0 Å². The summed E-state index contributed by atoms with van der Waals surface area (Å²) in [4.78, 5) is 20.3. The van der Waals surface area contributed by atoms with Gasteiger partial charge in [-0.1, -0.05) is 158 Å². The summed E-state index contributed by atoms with van der Waals surface area (Å²) >= 11 is 0. The van der Waals surface area contributed by atoms with Crippen molar-refractivity contribution in [3.05, 3.63) is 212 Å². The average molecular weight is 834 g/mol. The molecule has 0 amide bonds. The second-order valence-electron chi connectivity index (χ2n) is 16.2. The van der Waals surface area contributed by atoms with Crippen LogP contribution >= 0.6 is 0 Å². The van der Waals surface area contributed by atoms with Crippen LogP contribution in [0.1, 0.15) is 0 Å². The Morgan fingerprint density at radius 3 is 1.74 bits per heavy atom. The molecule has 7 heteroatoms. The third kappa shape index (κ3) is 6.20.